The summed E-state index contributed by atoms with van der Waals surface area (Å²) in [4.78, 5) is 0. The summed E-state index contributed by atoms with van der Waals surface area (Å²) in [5, 5.41) is 4.44. The molecule has 25 heavy (non-hydrogen) atoms. The van der Waals surface area contributed by atoms with E-state index < -0.39 is 26.0 Å². The van der Waals surface area contributed by atoms with E-state index in [1.807, 2.05) is 0 Å². The SMILES string of the molecule is CCC(=Cc1ccccc1)[PH]([Zr][Cl])(c1ccccc1)c1ccccc1. The van der Waals surface area contributed by atoms with Crippen LogP contribution < -0.4 is 10.6 Å². The second kappa shape index (κ2) is 9.09. The van der Waals surface area contributed by atoms with Crippen LogP contribution in [0, 0.1) is 0 Å². The van der Waals surface area contributed by atoms with Crippen LogP contribution in [0.2, 0.25) is 0 Å². The average Bonchev–Trinajstić information content (AvgIpc) is 2.70. The van der Waals surface area contributed by atoms with Crippen molar-refractivity contribution in [1.29, 1.82) is 0 Å². The number of benzene rings is 3. The summed E-state index contributed by atoms with van der Waals surface area (Å²) in [6.45, 7) is 2.27. The van der Waals surface area contributed by atoms with Crippen LogP contribution in [0.15, 0.2) is 96.3 Å². The Labute approximate surface area is 165 Å². The standard InChI is InChI=1S/C22H21P.ClH.Zr/c1-2-20(18-19-12-6-3-7-13-19)23(21-14-8-4-9-15-21)22-16-10-5-11-17-22;;/h3-18H,2H2,1H3;1H;. The molecule has 3 aromatic carbocycles. The summed E-state index contributed by atoms with van der Waals surface area (Å²) in [7, 11) is 6.92. The van der Waals surface area contributed by atoms with Gasteiger partial charge in [-0.05, 0) is 0 Å². The van der Waals surface area contributed by atoms with Gasteiger partial charge in [0, 0.05) is 0 Å². The maximum absolute atomic E-state index is 6.92. The van der Waals surface area contributed by atoms with Gasteiger partial charge in [-0.2, -0.15) is 0 Å². The third-order valence-corrected chi connectivity index (χ3v) is 22.4. The summed E-state index contributed by atoms with van der Waals surface area (Å²) in [6, 6.07) is 32.6. The Kier molecular flexibility index (Phi) is 6.83. The molecule has 0 radical (unpaired) electrons. The molecule has 126 valence electrons. The van der Waals surface area contributed by atoms with E-state index in [2.05, 4.69) is 104 Å². The first-order chi connectivity index (χ1) is 12.3. The van der Waals surface area contributed by atoms with Crippen LogP contribution in [-0.2, 0) is 21.5 Å². The van der Waals surface area contributed by atoms with Crippen molar-refractivity contribution < 1.29 is 21.5 Å². The summed E-state index contributed by atoms with van der Waals surface area (Å²) in [5.74, 6) is 0. The summed E-state index contributed by atoms with van der Waals surface area (Å²) < 4.78 is -2.04. The molecule has 0 saturated heterocycles. The minimum absolute atomic E-state index is 1.04. The van der Waals surface area contributed by atoms with Crippen LogP contribution >= 0.6 is 13.1 Å². The van der Waals surface area contributed by atoms with E-state index in [-0.39, 0.29) is 0 Å². The molecular formula is C22H22ClPZr. The first-order valence-electron chi connectivity index (χ1n) is 8.56. The van der Waals surface area contributed by atoms with Crippen molar-refractivity contribution in [2.75, 3.05) is 0 Å². The van der Waals surface area contributed by atoms with E-state index in [1.54, 1.807) is 0 Å². The molecular weight excluding hydrogens is 422 g/mol. The zero-order chi connectivity index (χ0) is 17.5. The van der Waals surface area contributed by atoms with Crippen molar-refractivity contribution >= 4 is 29.8 Å². The Morgan fingerprint density at radius 3 is 1.64 bits per heavy atom. The zero-order valence-corrected chi connectivity index (χ0v) is 18.5. The van der Waals surface area contributed by atoms with E-state index in [1.165, 1.54) is 21.5 Å². The van der Waals surface area contributed by atoms with Crippen LogP contribution in [0.1, 0.15) is 18.9 Å². The van der Waals surface area contributed by atoms with Crippen LogP contribution in [-0.4, -0.2) is 0 Å². The Balaban J connectivity index is 2.25. The fourth-order valence-corrected chi connectivity index (χ4v) is 19.8. The number of hydrogen-bond acceptors (Lipinski definition) is 0. The molecule has 0 N–H and O–H groups in total. The van der Waals surface area contributed by atoms with E-state index in [9.17, 15) is 0 Å². The molecule has 0 spiro atoms. The molecule has 3 rings (SSSR count). The van der Waals surface area contributed by atoms with Crippen LogP contribution in [0.5, 0.6) is 0 Å². The zero-order valence-electron chi connectivity index (χ0n) is 14.3. The molecule has 0 aliphatic rings. The Bertz CT molecular complexity index is 777. The molecule has 0 atom stereocenters. The summed E-state index contributed by atoms with van der Waals surface area (Å²) in [5.41, 5.74) is 1.27. The molecule has 0 saturated carbocycles. The predicted molar refractivity (Wildman–Crippen MR) is 111 cm³/mol. The first kappa shape index (κ1) is 18.8. The van der Waals surface area contributed by atoms with Gasteiger partial charge in [0.1, 0.15) is 0 Å². The van der Waals surface area contributed by atoms with Crippen molar-refractivity contribution in [2.45, 2.75) is 13.3 Å². The molecule has 0 amide bonds. The van der Waals surface area contributed by atoms with E-state index in [4.69, 9.17) is 8.51 Å². The second-order valence-electron chi connectivity index (χ2n) is 6.01. The van der Waals surface area contributed by atoms with Crippen LogP contribution in [0.25, 0.3) is 6.08 Å². The Hall–Kier alpha value is -0.997. The van der Waals surface area contributed by atoms with Gasteiger partial charge in [0.05, 0.1) is 0 Å². The van der Waals surface area contributed by atoms with Gasteiger partial charge in [-0.15, -0.1) is 0 Å². The fraction of sp³-hybridized carbons (Fsp3) is 0.0909. The molecule has 0 fully saturated rings. The summed E-state index contributed by atoms with van der Waals surface area (Å²) in [6.07, 6.45) is 3.44. The van der Waals surface area contributed by atoms with Crippen molar-refractivity contribution in [1.82, 2.24) is 0 Å². The fourth-order valence-electron chi connectivity index (χ4n) is 3.31. The van der Waals surface area contributed by atoms with Gasteiger partial charge in [-0.3, -0.25) is 0 Å². The molecule has 0 bridgehead atoms. The average molecular weight is 444 g/mol. The van der Waals surface area contributed by atoms with Gasteiger partial charge in [0.15, 0.2) is 0 Å². The topological polar surface area (TPSA) is 0 Å². The van der Waals surface area contributed by atoms with Gasteiger partial charge in [0.25, 0.3) is 0 Å². The van der Waals surface area contributed by atoms with E-state index in [0.717, 1.165) is 6.42 Å². The normalized spacial score (nSPS) is 12.6. The monoisotopic (exact) mass is 442 g/mol. The Morgan fingerprint density at radius 1 is 0.800 bits per heavy atom. The third-order valence-electron chi connectivity index (χ3n) is 4.56. The molecule has 3 heteroatoms. The van der Waals surface area contributed by atoms with Gasteiger partial charge in [-0.1, -0.05) is 0 Å². The van der Waals surface area contributed by atoms with Gasteiger partial charge < -0.3 is 0 Å². The third kappa shape index (κ3) is 4.06. The van der Waals surface area contributed by atoms with Crippen molar-refractivity contribution in [3.05, 3.63) is 102 Å². The number of halogens is 1. The Morgan fingerprint density at radius 2 is 1.24 bits per heavy atom. The quantitative estimate of drug-likeness (QED) is 0.410. The molecule has 0 nitrogen and oxygen atoms in total. The molecule has 0 aliphatic carbocycles. The van der Waals surface area contributed by atoms with Crippen molar-refractivity contribution in [2.24, 2.45) is 0 Å². The van der Waals surface area contributed by atoms with E-state index >= 15 is 0 Å². The molecule has 0 aliphatic heterocycles. The molecule has 0 aromatic heterocycles. The van der Waals surface area contributed by atoms with Crippen molar-refractivity contribution in [3.63, 3.8) is 0 Å². The second-order valence-corrected chi connectivity index (χ2v) is 19.8. The van der Waals surface area contributed by atoms with Crippen LogP contribution in [0.4, 0.5) is 0 Å². The summed E-state index contributed by atoms with van der Waals surface area (Å²) >= 11 is -1.13. The van der Waals surface area contributed by atoms with Gasteiger partial charge in [-0.25, -0.2) is 0 Å². The molecule has 0 heterocycles. The van der Waals surface area contributed by atoms with Gasteiger partial charge in [0.2, 0.25) is 0 Å². The maximum atomic E-state index is 6.92. The number of rotatable bonds is 6. The molecule has 0 unspecified atom stereocenters. The van der Waals surface area contributed by atoms with E-state index in [0.29, 0.717) is 0 Å². The van der Waals surface area contributed by atoms with Gasteiger partial charge >= 0.3 is 166 Å². The number of hydrogen-bond donors (Lipinski definition) is 0. The predicted octanol–water partition coefficient (Wildman–Crippen LogP) is 5.99. The number of allylic oxidation sites excluding steroid dienone is 1. The minimum atomic E-state index is -2.04. The molecule has 3 aromatic rings. The first-order valence-corrected chi connectivity index (χ1v) is 17.4. The van der Waals surface area contributed by atoms with Crippen molar-refractivity contribution in [3.8, 4) is 0 Å². The van der Waals surface area contributed by atoms with Crippen LogP contribution in [0.3, 0.4) is 0 Å².